The van der Waals surface area contributed by atoms with Crippen molar-refractivity contribution in [2.45, 2.75) is 39.3 Å². The van der Waals surface area contributed by atoms with Crippen LogP contribution in [-0.4, -0.2) is 6.17 Å². The molecule has 0 aromatic heterocycles. The summed E-state index contributed by atoms with van der Waals surface area (Å²) < 4.78 is 0. The van der Waals surface area contributed by atoms with E-state index >= 15 is 0 Å². The monoisotopic (exact) mass is 180 g/mol. The van der Waals surface area contributed by atoms with Gasteiger partial charge in [-0.25, -0.2) is 0 Å². The van der Waals surface area contributed by atoms with Crippen LogP contribution in [0.25, 0.3) is 0 Å². The molecule has 4 N–H and O–H groups in total. The van der Waals surface area contributed by atoms with Gasteiger partial charge in [-0.2, -0.15) is 0 Å². The molecule has 74 valence electrons. The highest BCUT2D eigenvalue weighted by Gasteiger charge is 2.31. The molecule has 0 heterocycles. The van der Waals surface area contributed by atoms with Crippen LogP contribution in [0.15, 0.2) is 23.8 Å². The third-order valence-electron chi connectivity index (χ3n) is 3.09. The summed E-state index contributed by atoms with van der Waals surface area (Å²) in [7, 11) is 0. The molecule has 0 aromatic carbocycles. The largest absolute Gasteiger partial charge is 0.315 e. The van der Waals surface area contributed by atoms with Gasteiger partial charge < -0.3 is 11.5 Å². The molecule has 0 amide bonds. The Morgan fingerprint density at radius 1 is 1.46 bits per heavy atom. The number of nitrogens with two attached hydrogens (primary N) is 2. The smallest absolute Gasteiger partial charge is 0.0617 e. The molecule has 0 bridgehead atoms. The predicted molar refractivity (Wildman–Crippen MR) is 57.0 cm³/mol. The van der Waals surface area contributed by atoms with E-state index in [1.807, 2.05) is 0 Å². The minimum Gasteiger partial charge on any atom is -0.315 e. The van der Waals surface area contributed by atoms with Gasteiger partial charge in [-0.15, -0.1) is 0 Å². The molecular formula is C11H20N2. The van der Waals surface area contributed by atoms with E-state index in [1.54, 1.807) is 0 Å². The lowest BCUT2D eigenvalue weighted by Gasteiger charge is -2.36. The zero-order valence-electron chi connectivity index (χ0n) is 8.59. The molecule has 0 saturated carbocycles. The number of hydrogen-bond donors (Lipinski definition) is 2. The average Bonchev–Trinajstić information content (AvgIpc) is 2.17. The van der Waals surface area contributed by atoms with Gasteiger partial charge in [-0.1, -0.05) is 37.6 Å². The topological polar surface area (TPSA) is 52.0 Å². The van der Waals surface area contributed by atoms with Crippen LogP contribution in [0.1, 0.15) is 33.1 Å². The highest BCUT2D eigenvalue weighted by atomic mass is 14.9. The summed E-state index contributed by atoms with van der Waals surface area (Å²) in [6.45, 7) is 4.32. The predicted octanol–water partition coefficient (Wildman–Crippen LogP) is 1.92. The van der Waals surface area contributed by atoms with Crippen molar-refractivity contribution in [1.82, 2.24) is 0 Å². The van der Waals surface area contributed by atoms with Gasteiger partial charge in [0, 0.05) is 5.41 Å². The Bertz CT molecular complexity index is 228. The minimum atomic E-state index is -0.246. The van der Waals surface area contributed by atoms with E-state index in [4.69, 9.17) is 11.5 Å². The third kappa shape index (κ3) is 2.01. The molecule has 0 fully saturated rings. The van der Waals surface area contributed by atoms with E-state index in [0.717, 1.165) is 19.3 Å². The van der Waals surface area contributed by atoms with E-state index in [-0.39, 0.29) is 11.6 Å². The zero-order chi connectivity index (χ0) is 9.90. The molecule has 0 radical (unpaired) electrons. The third-order valence-corrected chi connectivity index (χ3v) is 3.09. The second-order valence-electron chi connectivity index (χ2n) is 3.83. The van der Waals surface area contributed by atoms with Gasteiger partial charge in [0.2, 0.25) is 0 Å². The summed E-state index contributed by atoms with van der Waals surface area (Å²) in [4.78, 5) is 0. The normalized spacial score (nSPS) is 27.9. The molecular weight excluding hydrogens is 160 g/mol. The molecule has 0 saturated heterocycles. The van der Waals surface area contributed by atoms with Crippen molar-refractivity contribution >= 4 is 0 Å². The molecule has 2 heteroatoms. The lowest BCUT2D eigenvalue weighted by molar-refractivity contribution is 0.286. The Labute approximate surface area is 80.7 Å². The zero-order valence-corrected chi connectivity index (χ0v) is 8.59. The summed E-state index contributed by atoms with van der Waals surface area (Å²) in [6, 6.07) is 0. The van der Waals surface area contributed by atoms with Gasteiger partial charge in [0.25, 0.3) is 0 Å². The van der Waals surface area contributed by atoms with E-state index in [0.29, 0.717) is 0 Å². The SMILES string of the molecule is CCC1=CC=CC(CC)(C(N)N)C1. The van der Waals surface area contributed by atoms with Crippen molar-refractivity contribution in [3.63, 3.8) is 0 Å². The van der Waals surface area contributed by atoms with E-state index in [1.165, 1.54) is 5.57 Å². The molecule has 1 aliphatic carbocycles. The first-order chi connectivity index (χ1) is 6.14. The summed E-state index contributed by atoms with van der Waals surface area (Å²) in [6.07, 6.45) is 9.32. The van der Waals surface area contributed by atoms with Crippen molar-refractivity contribution in [2.24, 2.45) is 16.9 Å². The summed E-state index contributed by atoms with van der Waals surface area (Å²) >= 11 is 0. The van der Waals surface area contributed by atoms with E-state index in [9.17, 15) is 0 Å². The molecule has 2 nitrogen and oxygen atoms in total. The van der Waals surface area contributed by atoms with Gasteiger partial charge in [-0.05, 0) is 19.3 Å². The molecule has 1 atom stereocenters. The summed E-state index contributed by atoms with van der Waals surface area (Å²) in [5.41, 5.74) is 13.1. The average molecular weight is 180 g/mol. The first-order valence-electron chi connectivity index (χ1n) is 5.03. The molecule has 13 heavy (non-hydrogen) atoms. The van der Waals surface area contributed by atoms with Crippen LogP contribution in [0.5, 0.6) is 0 Å². The molecule has 1 unspecified atom stereocenters. The first kappa shape index (κ1) is 10.5. The Morgan fingerprint density at radius 2 is 2.15 bits per heavy atom. The minimum absolute atomic E-state index is 0.0000926. The Balaban J connectivity index is 2.83. The maximum atomic E-state index is 5.83. The standard InChI is InChI=1S/C11H20N2/c1-3-9-6-5-7-11(4-2,8-9)10(12)13/h5-7,10H,3-4,8,12-13H2,1-2H3. The van der Waals surface area contributed by atoms with Gasteiger partial charge in [0.15, 0.2) is 0 Å². The second kappa shape index (κ2) is 4.07. The van der Waals surface area contributed by atoms with Gasteiger partial charge in [0.1, 0.15) is 0 Å². The van der Waals surface area contributed by atoms with Gasteiger partial charge in [-0.3, -0.25) is 0 Å². The molecule has 0 aliphatic heterocycles. The second-order valence-corrected chi connectivity index (χ2v) is 3.83. The van der Waals surface area contributed by atoms with Crippen molar-refractivity contribution in [3.05, 3.63) is 23.8 Å². The number of allylic oxidation sites excluding steroid dienone is 3. The van der Waals surface area contributed by atoms with Crippen molar-refractivity contribution in [1.29, 1.82) is 0 Å². The highest BCUT2D eigenvalue weighted by Crippen LogP contribution is 2.36. The van der Waals surface area contributed by atoms with Crippen LogP contribution in [0, 0.1) is 5.41 Å². The van der Waals surface area contributed by atoms with Crippen molar-refractivity contribution < 1.29 is 0 Å². The Morgan fingerprint density at radius 3 is 2.62 bits per heavy atom. The molecule has 1 aliphatic rings. The van der Waals surface area contributed by atoms with Gasteiger partial charge in [0.05, 0.1) is 6.17 Å². The fraction of sp³-hybridized carbons (Fsp3) is 0.636. The van der Waals surface area contributed by atoms with Crippen LogP contribution in [0.3, 0.4) is 0 Å². The number of hydrogen-bond acceptors (Lipinski definition) is 2. The van der Waals surface area contributed by atoms with Crippen LogP contribution < -0.4 is 11.5 Å². The number of rotatable bonds is 3. The first-order valence-corrected chi connectivity index (χ1v) is 5.03. The van der Waals surface area contributed by atoms with Crippen molar-refractivity contribution in [3.8, 4) is 0 Å². The van der Waals surface area contributed by atoms with Gasteiger partial charge >= 0.3 is 0 Å². The van der Waals surface area contributed by atoms with Crippen LogP contribution in [0.4, 0.5) is 0 Å². The van der Waals surface area contributed by atoms with E-state index < -0.39 is 0 Å². The molecule has 0 spiro atoms. The van der Waals surface area contributed by atoms with Crippen molar-refractivity contribution in [2.75, 3.05) is 0 Å². The van der Waals surface area contributed by atoms with Crippen LogP contribution in [0.2, 0.25) is 0 Å². The summed E-state index contributed by atoms with van der Waals surface area (Å²) in [5, 5.41) is 0. The Hall–Kier alpha value is -0.600. The quantitative estimate of drug-likeness (QED) is 0.652. The summed E-state index contributed by atoms with van der Waals surface area (Å²) in [5.74, 6) is 0. The molecule has 0 aromatic rings. The highest BCUT2D eigenvalue weighted by molar-refractivity contribution is 5.24. The fourth-order valence-electron chi connectivity index (χ4n) is 1.87. The Kier molecular flexibility index (Phi) is 3.28. The lowest BCUT2D eigenvalue weighted by atomic mass is 9.73. The molecule has 1 rings (SSSR count). The maximum absolute atomic E-state index is 5.83. The fourth-order valence-corrected chi connectivity index (χ4v) is 1.87. The van der Waals surface area contributed by atoms with Crippen LogP contribution >= 0.6 is 0 Å². The maximum Gasteiger partial charge on any atom is 0.0617 e. The lowest BCUT2D eigenvalue weighted by Crippen LogP contribution is -2.47. The van der Waals surface area contributed by atoms with E-state index in [2.05, 4.69) is 32.1 Å². The van der Waals surface area contributed by atoms with Crippen LogP contribution in [-0.2, 0) is 0 Å².